The second-order valence-electron chi connectivity index (χ2n) is 2.50. The van der Waals surface area contributed by atoms with E-state index in [4.69, 9.17) is 0 Å². The summed E-state index contributed by atoms with van der Waals surface area (Å²) in [6.45, 7) is 3.01. The minimum atomic E-state index is 0.934. The van der Waals surface area contributed by atoms with Crippen LogP contribution in [0.3, 0.4) is 0 Å². The predicted octanol–water partition coefficient (Wildman–Crippen LogP) is 2.12. The third-order valence-corrected chi connectivity index (χ3v) is 2.19. The zero-order valence-corrected chi connectivity index (χ0v) is 7.56. The first-order valence-corrected chi connectivity index (χ1v) is 4.59. The van der Waals surface area contributed by atoms with E-state index in [1.807, 2.05) is 18.2 Å². The van der Waals surface area contributed by atoms with Crippen molar-refractivity contribution in [3.05, 3.63) is 18.2 Å². The Bertz CT molecular complexity index is 382. The first-order chi connectivity index (χ1) is 5.90. The van der Waals surface area contributed by atoms with Gasteiger partial charge in [-0.05, 0) is 25.1 Å². The van der Waals surface area contributed by atoms with E-state index >= 15 is 0 Å². The van der Waals surface area contributed by atoms with Crippen molar-refractivity contribution < 1.29 is 0 Å². The highest BCUT2D eigenvalue weighted by atomic mass is 32.1. The molecule has 0 atom stereocenters. The fourth-order valence-corrected chi connectivity index (χ4v) is 1.61. The number of rotatable bonds is 2. The van der Waals surface area contributed by atoms with Gasteiger partial charge in [0.15, 0.2) is 0 Å². The van der Waals surface area contributed by atoms with Gasteiger partial charge in [-0.3, -0.25) is 0 Å². The first-order valence-electron chi connectivity index (χ1n) is 3.86. The molecule has 0 aliphatic rings. The molecule has 0 radical (unpaired) electrons. The van der Waals surface area contributed by atoms with Gasteiger partial charge in [0.05, 0.1) is 11.7 Å². The number of anilines is 1. The van der Waals surface area contributed by atoms with E-state index in [2.05, 4.69) is 21.0 Å². The lowest BCUT2D eigenvalue weighted by atomic mass is 10.3. The summed E-state index contributed by atoms with van der Waals surface area (Å²) >= 11 is 1.25. The SMILES string of the molecule is CCNc1ccc2nsnc2c1. The highest BCUT2D eigenvalue weighted by Gasteiger charge is 1.97. The molecule has 1 aromatic heterocycles. The van der Waals surface area contributed by atoms with Gasteiger partial charge < -0.3 is 5.32 Å². The lowest BCUT2D eigenvalue weighted by Crippen LogP contribution is -1.95. The molecule has 12 heavy (non-hydrogen) atoms. The Labute approximate surface area is 74.8 Å². The van der Waals surface area contributed by atoms with Crippen LogP contribution in [0.2, 0.25) is 0 Å². The summed E-state index contributed by atoms with van der Waals surface area (Å²) in [5, 5.41) is 3.23. The normalized spacial score (nSPS) is 10.4. The van der Waals surface area contributed by atoms with Gasteiger partial charge in [0.25, 0.3) is 0 Å². The number of benzene rings is 1. The quantitative estimate of drug-likeness (QED) is 0.767. The fraction of sp³-hybridized carbons (Fsp3) is 0.250. The molecule has 0 aliphatic carbocycles. The van der Waals surface area contributed by atoms with E-state index in [9.17, 15) is 0 Å². The first kappa shape index (κ1) is 7.49. The van der Waals surface area contributed by atoms with E-state index in [0.29, 0.717) is 0 Å². The fourth-order valence-electron chi connectivity index (χ4n) is 1.10. The predicted molar refractivity (Wildman–Crippen MR) is 51.6 cm³/mol. The third kappa shape index (κ3) is 1.25. The van der Waals surface area contributed by atoms with Crippen LogP contribution in [0.5, 0.6) is 0 Å². The van der Waals surface area contributed by atoms with Crippen LogP contribution in [0.4, 0.5) is 5.69 Å². The number of aromatic nitrogens is 2. The van der Waals surface area contributed by atoms with Crippen LogP contribution in [0.1, 0.15) is 6.92 Å². The maximum atomic E-state index is 4.15. The van der Waals surface area contributed by atoms with E-state index in [-0.39, 0.29) is 0 Å². The highest BCUT2D eigenvalue weighted by Crippen LogP contribution is 2.16. The van der Waals surface area contributed by atoms with Gasteiger partial charge in [-0.15, -0.1) is 0 Å². The summed E-state index contributed by atoms with van der Waals surface area (Å²) in [7, 11) is 0. The molecule has 0 bridgehead atoms. The van der Waals surface area contributed by atoms with Crippen LogP contribution in [-0.4, -0.2) is 15.3 Å². The number of hydrogen-bond donors (Lipinski definition) is 1. The molecule has 1 N–H and O–H groups in total. The molecule has 2 rings (SSSR count). The Morgan fingerprint density at radius 3 is 3.00 bits per heavy atom. The summed E-state index contributed by atoms with van der Waals surface area (Å²) in [5.74, 6) is 0. The van der Waals surface area contributed by atoms with E-state index in [1.54, 1.807) is 0 Å². The largest absolute Gasteiger partial charge is 0.385 e. The summed E-state index contributed by atoms with van der Waals surface area (Å²) in [6.07, 6.45) is 0. The summed E-state index contributed by atoms with van der Waals surface area (Å²) < 4.78 is 8.27. The number of fused-ring (bicyclic) bond motifs is 1. The van der Waals surface area contributed by atoms with Crippen molar-refractivity contribution in [3.8, 4) is 0 Å². The molecule has 4 heteroatoms. The molecule has 0 saturated heterocycles. The molecule has 1 aromatic carbocycles. The molecule has 2 aromatic rings. The van der Waals surface area contributed by atoms with E-state index < -0.39 is 0 Å². The van der Waals surface area contributed by atoms with Crippen LogP contribution in [0.15, 0.2) is 18.2 Å². The van der Waals surface area contributed by atoms with Gasteiger partial charge in [-0.25, -0.2) is 0 Å². The zero-order chi connectivity index (χ0) is 8.39. The monoisotopic (exact) mass is 179 g/mol. The number of nitrogens with one attached hydrogen (secondary N) is 1. The standard InChI is InChI=1S/C8H9N3S/c1-2-9-6-3-4-7-8(5-6)11-12-10-7/h3-5,9H,2H2,1H3. The lowest BCUT2D eigenvalue weighted by Gasteiger charge is -2.00. The molecule has 62 valence electrons. The molecule has 1 heterocycles. The smallest absolute Gasteiger partial charge is 0.106 e. The maximum Gasteiger partial charge on any atom is 0.106 e. The number of nitrogens with zero attached hydrogens (tertiary/aromatic N) is 2. The van der Waals surface area contributed by atoms with Crippen LogP contribution < -0.4 is 5.32 Å². The van der Waals surface area contributed by atoms with Gasteiger partial charge in [-0.1, -0.05) is 0 Å². The van der Waals surface area contributed by atoms with Crippen molar-refractivity contribution in [3.63, 3.8) is 0 Å². The van der Waals surface area contributed by atoms with Crippen molar-refractivity contribution in [1.29, 1.82) is 0 Å². The van der Waals surface area contributed by atoms with Gasteiger partial charge >= 0.3 is 0 Å². The molecular formula is C8H9N3S. The second kappa shape index (κ2) is 3.06. The minimum Gasteiger partial charge on any atom is -0.385 e. The Morgan fingerprint density at radius 2 is 2.17 bits per heavy atom. The maximum absolute atomic E-state index is 4.15. The lowest BCUT2D eigenvalue weighted by molar-refractivity contribution is 1.21. The number of hydrogen-bond acceptors (Lipinski definition) is 4. The van der Waals surface area contributed by atoms with Crippen LogP contribution in [0.25, 0.3) is 11.0 Å². The Morgan fingerprint density at radius 1 is 1.33 bits per heavy atom. The van der Waals surface area contributed by atoms with Crippen molar-refractivity contribution in [2.24, 2.45) is 0 Å². The average Bonchev–Trinajstić information content (AvgIpc) is 2.51. The molecular weight excluding hydrogens is 170 g/mol. The molecule has 3 nitrogen and oxygen atoms in total. The Balaban J connectivity index is 2.46. The summed E-state index contributed by atoms with van der Waals surface area (Å²) in [6, 6.07) is 6.02. The van der Waals surface area contributed by atoms with Gasteiger partial charge in [-0.2, -0.15) is 8.75 Å². The second-order valence-corrected chi connectivity index (χ2v) is 3.03. The van der Waals surface area contributed by atoms with Gasteiger partial charge in [0, 0.05) is 12.2 Å². The molecule has 0 unspecified atom stereocenters. The zero-order valence-electron chi connectivity index (χ0n) is 6.74. The molecule has 0 amide bonds. The van der Waals surface area contributed by atoms with Crippen LogP contribution in [0, 0.1) is 0 Å². The van der Waals surface area contributed by atoms with E-state index in [1.165, 1.54) is 11.7 Å². The molecule has 0 aliphatic heterocycles. The molecule has 0 saturated carbocycles. The van der Waals surface area contributed by atoms with Crippen LogP contribution in [-0.2, 0) is 0 Å². The van der Waals surface area contributed by atoms with Gasteiger partial charge in [0.2, 0.25) is 0 Å². The minimum absolute atomic E-state index is 0.934. The van der Waals surface area contributed by atoms with Crippen molar-refractivity contribution >= 4 is 28.4 Å². The molecule has 0 fully saturated rings. The topological polar surface area (TPSA) is 37.8 Å². The van der Waals surface area contributed by atoms with Gasteiger partial charge in [0.1, 0.15) is 11.0 Å². The summed E-state index contributed by atoms with van der Waals surface area (Å²) in [5.41, 5.74) is 3.05. The average molecular weight is 179 g/mol. The Hall–Kier alpha value is -1.16. The van der Waals surface area contributed by atoms with Crippen molar-refractivity contribution in [2.75, 3.05) is 11.9 Å². The van der Waals surface area contributed by atoms with Crippen molar-refractivity contribution in [1.82, 2.24) is 8.75 Å². The van der Waals surface area contributed by atoms with E-state index in [0.717, 1.165) is 23.3 Å². The van der Waals surface area contributed by atoms with Crippen LogP contribution >= 0.6 is 11.7 Å². The summed E-state index contributed by atoms with van der Waals surface area (Å²) in [4.78, 5) is 0. The van der Waals surface area contributed by atoms with Crippen molar-refractivity contribution in [2.45, 2.75) is 6.92 Å². The molecule has 0 spiro atoms. The highest BCUT2D eigenvalue weighted by molar-refractivity contribution is 7.00. The third-order valence-electron chi connectivity index (χ3n) is 1.63. The Kier molecular flexibility index (Phi) is 1.91.